The van der Waals surface area contributed by atoms with Gasteiger partial charge in [-0.1, -0.05) is 0 Å². The van der Waals surface area contributed by atoms with E-state index in [0.717, 1.165) is 38.2 Å². The van der Waals surface area contributed by atoms with Crippen LogP contribution < -0.4 is 0 Å². The number of rotatable bonds is 4. The molecule has 0 N–H and O–H groups in total. The Morgan fingerprint density at radius 1 is 1.24 bits per heavy atom. The minimum Gasteiger partial charge on any atom is -0.298 e. The zero-order valence-electron chi connectivity index (χ0n) is 13.6. The SMILES string of the molecule is FC(F)c1cc(C2CCCN(Cc3ccncc3)C2)n2ncnc2n1. The van der Waals surface area contributed by atoms with Crippen molar-refractivity contribution in [2.75, 3.05) is 13.1 Å². The highest BCUT2D eigenvalue weighted by molar-refractivity contribution is 5.32. The van der Waals surface area contributed by atoms with Crippen molar-refractivity contribution in [1.29, 1.82) is 0 Å². The van der Waals surface area contributed by atoms with E-state index >= 15 is 0 Å². The van der Waals surface area contributed by atoms with E-state index in [2.05, 4.69) is 25.0 Å². The van der Waals surface area contributed by atoms with Crippen LogP contribution in [0, 0.1) is 0 Å². The average Bonchev–Trinajstić information content (AvgIpc) is 3.10. The van der Waals surface area contributed by atoms with Crippen LogP contribution in [0.1, 0.15) is 42.1 Å². The Labute approximate surface area is 143 Å². The third-order valence-corrected chi connectivity index (χ3v) is 4.60. The van der Waals surface area contributed by atoms with Gasteiger partial charge in [0.05, 0.1) is 5.69 Å². The Hall–Kier alpha value is -2.48. The molecule has 4 rings (SSSR count). The van der Waals surface area contributed by atoms with Crippen LogP contribution in [0.2, 0.25) is 0 Å². The first kappa shape index (κ1) is 16.0. The standard InChI is InChI=1S/C17H18F2N6/c18-16(19)14-8-15(25-17(23-14)21-11-22-25)13-2-1-7-24(10-13)9-12-3-5-20-6-4-12/h3-6,8,11,13,16H,1-2,7,9-10H2. The van der Waals surface area contributed by atoms with Crippen molar-refractivity contribution in [1.82, 2.24) is 29.5 Å². The van der Waals surface area contributed by atoms with E-state index in [1.807, 2.05) is 12.1 Å². The molecular formula is C17H18F2N6. The minimum atomic E-state index is -2.61. The van der Waals surface area contributed by atoms with Gasteiger partial charge in [-0.25, -0.2) is 18.3 Å². The second kappa shape index (κ2) is 6.79. The Morgan fingerprint density at radius 2 is 2.08 bits per heavy atom. The summed E-state index contributed by atoms with van der Waals surface area (Å²) in [5.74, 6) is 0.361. The quantitative estimate of drug-likeness (QED) is 0.728. The van der Waals surface area contributed by atoms with E-state index in [0.29, 0.717) is 0 Å². The number of alkyl halides is 2. The van der Waals surface area contributed by atoms with Gasteiger partial charge in [-0.15, -0.1) is 0 Å². The highest BCUT2D eigenvalue weighted by Gasteiger charge is 2.26. The number of hydrogen-bond acceptors (Lipinski definition) is 5. The van der Waals surface area contributed by atoms with Crippen LogP contribution in [0.5, 0.6) is 0 Å². The zero-order valence-corrected chi connectivity index (χ0v) is 13.6. The summed E-state index contributed by atoms with van der Waals surface area (Å²) >= 11 is 0. The molecule has 8 heteroatoms. The molecule has 130 valence electrons. The molecular weight excluding hydrogens is 326 g/mol. The van der Waals surface area contributed by atoms with Gasteiger partial charge in [-0.3, -0.25) is 9.88 Å². The summed E-state index contributed by atoms with van der Waals surface area (Å²) < 4.78 is 27.9. The van der Waals surface area contributed by atoms with E-state index in [-0.39, 0.29) is 17.4 Å². The Morgan fingerprint density at radius 3 is 2.88 bits per heavy atom. The summed E-state index contributed by atoms with van der Waals surface area (Å²) in [5.41, 5.74) is 1.73. The van der Waals surface area contributed by atoms with Gasteiger partial charge in [0.2, 0.25) is 0 Å². The van der Waals surface area contributed by atoms with Gasteiger partial charge in [0, 0.05) is 31.4 Å². The fraction of sp³-hybridized carbons (Fsp3) is 0.412. The molecule has 0 aliphatic carbocycles. The summed E-state index contributed by atoms with van der Waals surface area (Å²) in [6.07, 6.45) is 4.27. The van der Waals surface area contributed by atoms with Crippen LogP contribution in [0.3, 0.4) is 0 Å². The number of pyridine rings is 1. The molecule has 0 bridgehead atoms. The first-order chi connectivity index (χ1) is 12.2. The van der Waals surface area contributed by atoms with Crippen LogP contribution in [0.15, 0.2) is 36.9 Å². The second-order valence-electron chi connectivity index (χ2n) is 6.31. The fourth-order valence-electron chi connectivity index (χ4n) is 3.44. The lowest BCUT2D eigenvalue weighted by molar-refractivity contribution is 0.145. The highest BCUT2D eigenvalue weighted by atomic mass is 19.3. The molecule has 0 spiro atoms. The smallest absolute Gasteiger partial charge is 0.280 e. The van der Waals surface area contributed by atoms with Crippen molar-refractivity contribution in [3.05, 3.63) is 53.9 Å². The number of piperidine rings is 1. The largest absolute Gasteiger partial charge is 0.298 e. The number of aromatic nitrogens is 5. The third-order valence-electron chi connectivity index (χ3n) is 4.60. The third kappa shape index (κ3) is 3.34. The van der Waals surface area contributed by atoms with Gasteiger partial charge < -0.3 is 0 Å². The molecule has 1 aliphatic rings. The van der Waals surface area contributed by atoms with E-state index in [1.54, 1.807) is 16.9 Å². The first-order valence-electron chi connectivity index (χ1n) is 8.30. The minimum absolute atomic E-state index is 0.125. The molecule has 3 aromatic rings. The van der Waals surface area contributed by atoms with Crippen LogP contribution in [-0.4, -0.2) is 42.6 Å². The van der Waals surface area contributed by atoms with Crippen LogP contribution >= 0.6 is 0 Å². The Balaban J connectivity index is 1.60. The fourth-order valence-corrected chi connectivity index (χ4v) is 3.44. The molecule has 0 aromatic carbocycles. The molecule has 1 fully saturated rings. The zero-order chi connectivity index (χ0) is 17.2. The summed E-state index contributed by atoms with van der Waals surface area (Å²) in [7, 11) is 0. The lowest BCUT2D eigenvalue weighted by Crippen LogP contribution is -2.34. The van der Waals surface area contributed by atoms with E-state index < -0.39 is 6.43 Å². The summed E-state index contributed by atoms with van der Waals surface area (Å²) in [5, 5.41) is 4.17. The normalized spacial score (nSPS) is 18.9. The maximum absolute atomic E-state index is 13.2. The number of nitrogens with zero attached hydrogens (tertiary/aromatic N) is 6. The predicted molar refractivity (Wildman–Crippen MR) is 87.2 cm³/mol. The highest BCUT2D eigenvalue weighted by Crippen LogP contribution is 2.29. The second-order valence-corrected chi connectivity index (χ2v) is 6.31. The van der Waals surface area contributed by atoms with E-state index in [9.17, 15) is 8.78 Å². The molecule has 0 radical (unpaired) electrons. The van der Waals surface area contributed by atoms with Crippen molar-refractivity contribution in [2.45, 2.75) is 31.7 Å². The van der Waals surface area contributed by atoms with Crippen LogP contribution in [0.25, 0.3) is 5.78 Å². The average molecular weight is 344 g/mol. The van der Waals surface area contributed by atoms with Gasteiger partial charge in [0.1, 0.15) is 12.0 Å². The van der Waals surface area contributed by atoms with Gasteiger partial charge in [0.15, 0.2) is 0 Å². The van der Waals surface area contributed by atoms with Crippen molar-refractivity contribution >= 4 is 5.78 Å². The Kier molecular flexibility index (Phi) is 4.35. The van der Waals surface area contributed by atoms with Crippen molar-refractivity contribution in [3.8, 4) is 0 Å². The summed E-state index contributed by atoms with van der Waals surface area (Å²) in [6, 6.07) is 5.48. The number of halogens is 2. The maximum atomic E-state index is 13.2. The van der Waals surface area contributed by atoms with Crippen molar-refractivity contribution < 1.29 is 8.78 Å². The van der Waals surface area contributed by atoms with E-state index in [1.165, 1.54) is 18.0 Å². The molecule has 1 saturated heterocycles. The monoisotopic (exact) mass is 344 g/mol. The molecule has 4 heterocycles. The Bertz CT molecular complexity index is 851. The van der Waals surface area contributed by atoms with Crippen molar-refractivity contribution in [2.24, 2.45) is 0 Å². The molecule has 1 atom stereocenters. The lowest BCUT2D eigenvalue weighted by atomic mass is 9.93. The predicted octanol–water partition coefficient (Wildman–Crippen LogP) is 2.84. The molecule has 3 aromatic heterocycles. The lowest BCUT2D eigenvalue weighted by Gasteiger charge is -2.33. The molecule has 1 aliphatic heterocycles. The molecule has 25 heavy (non-hydrogen) atoms. The number of hydrogen-bond donors (Lipinski definition) is 0. The first-order valence-corrected chi connectivity index (χ1v) is 8.30. The summed E-state index contributed by atoms with van der Waals surface area (Å²) in [4.78, 5) is 14.3. The molecule has 0 amide bonds. The van der Waals surface area contributed by atoms with Gasteiger partial charge in [-0.05, 0) is 43.1 Å². The maximum Gasteiger partial charge on any atom is 0.280 e. The number of likely N-dealkylation sites (tertiary alicyclic amines) is 1. The van der Waals surface area contributed by atoms with E-state index in [4.69, 9.17) is 0 Å². The van der Waals surface area contributed by atoms with Crippen molar-refractivity contribution in [3.63, 3.8) is 0 Å². The van der Waals surface area contributed by atoms with Crippen LogP contribution in [0.4, 0.5) is 8.78 Å². The topological polar surface area (TPSA) is 59.2 Å². The molecule has 0 saturated carbocycles. The molecule has 6 nitrogen and oxygen atoms in total. The molecule has 1 unspecified atom stereocenters. The van der Waals surface area contributed by atoms with Gasteiger partial charge in [0.25, 0.3) is 12.2 Å². The van der Waals surface area contributed by atoms with Crippen LogP contribution in [-0.2, 0) is 6.54 Å². The summed E-state index contributed by atoms with van der Waals surface area (Å²) in [6.45, 7) is 2.61. The number of fused-ring (bicyclic) bond motifs is 1. The van der Waals surface area contributed by atoms with Gasteiger partial charge in [-0.2, -0.15) is 10.1 Å². The van der Waals surface area contributed by atoms with Gasteiger partial charge >= 0.3 is 0 Å².